The van der Waals surface area contributed by atoms with Crippen LogP contribution in [0, 0.1) is 0 Å². The van der Waals surface area contributed by atoms with Gasteiger partial charge in [-0.25, -0.2) is 4.99 Å². The van der Waals surface area contributed by atoms with Gasteiger partial charge < -0.3 is 11.5 Å². The third kappa shape index (κ3) is 3.05. The highest BCUT2D eigenvalue weighted by atomic mass is 32.2. The van der Waals surface area contributed by atoms with Crippen LogP contribution in [0.15, 0.2) is 64.0 Å². The number of rotatable bonds is 2. The molecular weight excluding hydrogens is 323 g/mol. The van der Waals surface area contributed by atoms with Crippen molar-refractivity contribution in [1.29, 1.82) is 0 Å². The number of hydrogen-bond donors (Lipinski definition) is 3. The number of halogens is 3. The average Bonchev–Trinajstić information content (AvgIpc) is 2.92. The highest BCUT2D eigenvalue weighted by Gasteiger charge is 2.35. The van der Waals surface area contributed by atoms with Crippen LogP contribution in [0.2, 0.25) is 0 Å². The number of nitrogens with zero attached hydrogens (tertiary/aromatic N) is 1. The minimum absolute atomic E-state index is 0.162. The zero-order valence-corrected chi connectivity index (χ0v) is 12.8. The zero-order chi connectivity index (χ0) is 16.6. The summed E-state index contributed by atoms with van der Waals surface area (Å²) < 4.78 is 40.5. The molecular formula is C16H14F3N3S. The molecule has 1 heterocycles. The Labute approximate surface area is 133 Å². The molecule has 4 N–H and O–H groups in total. The van der Waals surface area contributed by atoms with E-state index < -0.39 is 22.6 Å². The Morgan fingerprint density at radius 2 is 1.70 bits per heavy atom. The van der Waals surface area contributed by atoms with Crippen molar-refractivity contribution in [2.24, 2.45) is 10.7 Å². The van der Waals surface area contributed by atoms with E-state index in [0.717, 1.165) is 6.07 Å². The molecule has 0 spiro atoms. The van der Waals surface area contributed by atoms with E-state index in [1.165, 1.54) is 12.3 Å². The molecule has 1 atom stereocenters. The van der Waals surface area contributed by atoms with E-state index >= 15 is 0 Å². The predicted molar refractivity (Wildman–Crippen MR) is 89.3 cm³/mol. The first kappa shape index (κ1) is 15.5. The van der Waals surface area contributed by atoms with Gasteiger partial charge in [-0.1, -0.05) is 18.2 Å². The monoisotopic (exact) mass is 337 g/mol. The first-order valence-electron chi connectivity index (χ1n) is 6.72. The molecule has 120 valence electrons. The van der Waals surface area contributed by atoms with Crippen molar-refractivity contribution >= 4 is 21.8 Å². The number of aliphatic imine (C=N–C) groups is 1. The smallest absolute Gasteiger partial charge is 0.399 e. The summed E-state index contributed by atoms with van der Waals surface area (Å²) in [4.78, 5) is 4.03. The van der Waals surface area contributed by atoms with Crippen molar-refractivity contribution in [3.63, 3.8) is 0 Å². The molecule has 0 saturated heterocycles. The number of nitrogens with two attached hydrogens (primary N) is 2. The Morgan fingerprint density at radius 1 is 0.957 bits per heavy atom. The lowest BCUT2D eigenvalue weighted by molar-refractivity contribution is -0.139. The van der Waals surface area contributed by atoms with Gasteiger partial charge in [0.05, 0.1) is 5.56 Å². The van der Waals surface area contributed by atoms with Gasteiger partial charge in [0.1, 0.15) is 5.17 Å². The normalized spacial score (nSPS) is 18.9. The minimum atomic E-state index is -4.47. The quantitative estimate of drug-likeness (QED) is 0.570. The van der Waals surface area contributed by atoms with Gasteiger partial charge in [0.25, 0.3) is 0 Å². The fourth-order valence-corrected chi connectivity index (χ4v) is 4.03. The Balaban J connectivity index is 2.13. The van der Waals surface area contributed by atoms with Crippen molar-refractivity contribution in [3.8, 4) is 11.1 Å². The lowest BCUT2D eigenvalue weighted by Crippen LogP contribution is -2.13. The van der Waals surface area contributed by atoms with Crippen LogP contribution in [-0.2, 0) is 6.18 Å². The Morgan fingerprint density at radius 3 is 2.30 bits per heavy atom. The highest BCUT2D eigenvalue weighted by molar-refractivity contribution is 8.32. The van der Waals surface area contributed by atoms with Gasteiger partial charge in [0, 0.05) is 16.8 Å². The van der Waals surface area contributed by atoms with Gasteiger partial charge in [-0.2, -0.15) is 13.2 Å². The van der Waals surface area contributed by atoms with Crippen molar-refractivity contribution in [2.45, 2.75) is 11.1 Å². The molecule has 0 fully saturated rings. The molecule has 3 rings (SSSR count). The topological polar surface area (TPSA) is 64.4 Å². The number of amidine groups is 1. The van der Waals surface area contributed by atoms with Crippen molar-refractivity contribution in [2.75, 3.05) is 5.73 Å². The molecule has 0 radical (unpaired) electrons. The maximum absolute atomic E-state index is 13.5. The molecule has 0 saturated carbocycles. The lowest BCUT2D eigenvalue weighted by atomic mass is 10.0. The van der Waals surface area contributed by atoms with E-state index in [4.69, 9.17) is 11.5 Å². The molecule has 2 aromatic rings. The first-order chi connectivity index (χ1) is 10.9. The van der Waals surface area contributed by atoms with Crippen LogP contribution >= 0.6 is 10.9 Å². The number of nitrogen functional groups attached to an aromatic ring is 1. The van der Waals surface area contributed by atoms with Gasteiger partial charge >= 0.3 is 6.18 Å². The molecule has 1 aliphatic heterocycles. The van der Waals surface area contributed by atoms with Crippen molar-refractivity contribution < 1.29 is 13.2 Å². The van der Waals surface area contributed by atoms with Gasteiger partial charge in [0.15, 0.2) is 0 Å². The fraction of sp³-hybridized carbons (Fsp3) is 0.0625. The standard InChI is InChI=1S/C16H14F3N3S/c17-16(18,19)13-9-11(10-2-1-3-12(20)8-10)4-5-14(13)23-7-6-22-15(23)21/h1-9,23H,20H2,(H2,21,22). The van der Waals surface area contributed by atoms with Crippen molar-refractivity contribution in [1.82, 2.24) is 0 Å². The van der Waals surface area contributed by atoms with Crippen LogP contribution in [0.4, 0.5) is 18.9 Å². The van der Waals surface area contributed by atoms with E-state index in [2.05, 4.69) is 4.99 Å². The highest BCUT2D eigenvalue weighted by Crippen LogP contribution is 2.48. The van der Waals surface area contributed by atoms with E-state index in [0.29, 0.717) is 16.8 Å². The van der Waals surface area contributed by atoms with E-state index in [1.54, 1.807) is 35.7 Å². The molecule has 0 amide bonds. The number of thiol groups is 1. The largest absolute Gasteiger partial charge is 0.417 e. The molecule has 7 heteroatoms. The zero-order valence-electron chi connectivity index (χ0n) is 11.9. The van der Waals surface area contributed by atoms with Gasteiger partial charge in [-0.05, 0) is 40.8 Å². The summed E-state index contributed by atoms with van der Waals surface area (Å²) in [7, 11) is -1.37. The summed E-state index contributed by atoms with van der Waals surface area (Å²) in [5.74, 6) is 0. The molecule has 0 aliphatic carbocycles. The molecule has 1 aliphatic rings. The summed E-state index contributed by atoms with van der Waals surface area (Å²) in [6, 6.07) is 11.0. The van der Waals surface area contributed by atoms with Crippen LogP contribution in [0.3, 0.4) is 0 Å². The van der Waals surface area contributed by atoms with Crippen LogP contribution in [0.1, 0.15) is 5.56 Å². The molecule has 1 unspecified atom stereocenters. The van der Waals surface area contributed by atoms with Gasteiger partial charge in [-0.15, -0.1) is 10.9 Å². The van der Waals surface area contributed by atoms with E-state index in [9.17, 15) is 13.2 Å². The summed E-state index contributed by atoms with van der Waals surface area (Å²) in [6.07, 6.45) is -3.02. The number of anilines is 1. The molecule has 3 nitrogen and oxygen atoms in total. The fourth-order valence-electron chi connectivity index (χ4n) is 2.39. The van der Waals surface area contributed by atoms with Gasteiger partial charge in [-0.3, -0.25) is 0 Å². The number of alkyl halides is 3. The summed E-state index contributed by atoms with van der Waals surface area (Å²) in [5.41, 5.74) is 12.3. The van der Waals surface area contributed by atoms with Crippen molar-refractivity contribution in [3.05, 3.63) is 59.6 Å². The van der Waals surface area contributed by atoms with E-state index in [1.807, 2.05) is 0 Å². The Bertz CT molecular complexity index is 812. The third-order valence-corrected chi connectivity index (χ3v) is 5.40. The summed E-state index contributed by atoms with van der Waals surface area (Å²) in [6.45, 7) is 0. The second-order valence-corrected chi connectivity index (χ2v) is 6.99. The molecule has 0 aromatic heterocycles. The second-order valence-electron chi connectivity index (χ2n) is 5.01. The van der Waals surface area contributed by atoms with Crippen LogP contribution in [-0.4, -0.2) is 5.17 Å². The maximum atomic E-state index is 13.5. The molecule has 2 aromatic carbocycles. The SMILES string of the molecule is NC1=NC=C[SH]1c1ccc(-c2cccc(N)c2)cc1C(F)(F)F. The van der Waals surface area contributed by atoms with Crippen LogP contribution in [0.5, 0.6) is 0 Å². The summed E-state index contributed by atoms with van der Waals surface area (Å²) in [5, 5.41) is 1.84. The van der Waals surface area contributed by atoms with Crippen LogP contribution < -0.4 is 11.5 Å². The number of hydrogen-bond acceptors (Lipinski definition) is 3. The van der Waals surface area contributed by atoms with E-state index in [-0.39, 0.29) is 10.1 Å². The Kier molecular flexibility index (Phi) is 3.81. The van der Waals surface area contributed by atoms with Crippen LogP contribution in [0.25, 0.3) is 11.1 Å². The minimum Gasteiger partial charge on any atom is -0.399 e. The maximum Gasteiger partial charge on any atom is 0.417 e. The third-order valence-electron chi connectivity index (χ3n) is 3.45. The predicted octanol–water partition coefficient (Wildman–Crippen LogP) is 4.11. The average molecular weight is 337 g/mol. The molecule has 0 bridgehead atoms. The summed E-state index contributed by atoms with van der Waals surface area (Å²) >= 11 is 0. The number of benzene rings is 2. The van der Waals surface area contributed by atoms with Gasteiger partial charge in [0.2, 0.25) is 0 Å². The second kappa shape index (κ2) is 5.66. The molecule has 23 heavy (non-hydrogen) atoms. The first-order valence-corrected chi connectivity index (χ1v) is 8.14. The lowest BCUT2D eigenvalue weighted by Gasteiger charge is -2.20. The Hall–Kier alpha value is -2.41.